The molecule has 0 saturated carbocycles. The summed E-state index contributed by atoms with van der Waals surface area (Å²) in [4.78, 5) is 50.7. The Hall–Kier alpha value is -4.96. The second-order valence-corrected chi connectivity index (χ2v) is 19.9. The fraction of sp³-hybridized carbons (Fsp3) is 0.600. The Morgan fingerprint density at radius 2 is 1.65 bits per heavy atom. The molecule has 1 fully saturated rings. The average molecular weight is 904 g/mol. The van der Waals surface area contributed by atoms with Gasteiger partial charge in [0.1, 0.15) is 34.6 Å². The number of aromatic nitrogens is 1. The Labute approximate surface area is 382 Å². The number of benzene rings is 2. The van der Waals surface area contributed by atoms with E-state index in [-0.39, 0.29) is 45.1 Å². The van der Waals surface area contributed by atoms with Gasteiger partial charge in [0.2, 0.25) is 5.89 Å². The zero-order valence-electron chi connectivity index (χ0n) is 40.5. The van der Waals surface area contributed by atoms with E-state index in [9.17, 15) is 24.9 Å². The molecule has 3 aromatic rings. The van der Waals surface area contributed by atoms with Crippen LogP contribution in [0.2, 0.25) is 0 Å². The number of anilines is 1. The lowest BCUT2D eigenvalue weighted by atomic mass is 9.78. The molecule has 3 N–H and O–H groups in total. The van der Waals surface area contributed by atoms with Crippen LogP contribution in [0.1, 0.15) is 105 Å². The highest BCUT2D eigenvalue weighted by atomic mass is 16.7. The van der Waals surface area contributed by atoms with E-state index < -0.39 is 77.0 Å². The van der Waals surface area contributed by atoms with Crippen LogP contribution < -0.4 is 14.4 Å². The van der Waals surface area contributed by atoms with E-state index >= 15 is 4.79 Å². The Bertz CT molecular complexity index is 2390. The summed E-state index contributed by atoms with van der Waals surface area (Å²) >= 11 is 0. The minimum atomic E-state index is -1.98. The molecule has 9 atom stereocenters. The second-order valence-electron chi connectivity index (χ2n) is 19.9. The molecular formula is C50H69N3O12. The van der Waals surface area contributed by atoms with Crippen molar-refractivity contribution in [3.63, 3.8) is 0 Å². The topological polar surface area (TPSA) is 191 Å². The summed E-state index contributed by atoms with van der Waals surface area (Å²) in [5.41, 5.74) is 0.857. The number of fused-ring (bicyclic) bond motifs is 2. The summed E-state index contributed by atoms with van der Waals surface area (Å²) < 4.78 is 37.3. The van der Waals surface area contributed by atoms with Crippen LogP contribution in [-0.4, -0.2) is 113 Å². The number of phenolic OH excluding ortho intramolecular Hbond substituents is 1. The van der Waals surface area contributed by atoms with Crippen LogP contribution >= 0.6 is 0 Å². The Balaban J connectivity index is 1.63. The summed E-state index contributed by atoms with van der Waals surface area (Å²) in [6, 6.07) is 0. The number of esters is 2. The van der Waals surface area contributed by atoms with Crippen LogP contribution in [-0.2, 0) is 23.8 Å². The van der Waals surface area contributed by atoms with Crippen LogP contribution in [0.5, 0.6) is 17.2 Å². The number of ketones is 1. The molecule has 3 aliphatic rings. The predicted octanol–water partition coefficient (Wildman–Crippen LogP) is 7.73. The SMILES string of the molecule is COC1/C=C/OC2(C)Oc3c(C)c(OC(=O)C(C)(C)C)c4c(c(O)c(N5CCN(CC(C)C)CC5)c5nc(oc54)/C(C)=C\C=C\C(C)C(O)C(C)C(O)C(C)C(OC(C)=O)C1C)c3C2=O. The third-order valence-corrected chi connectivity index (χ3v) is 13.2. The Morgan fingerprint density at radius 1 is 0.985 bits per heavy atom. The smallest absolute Gasteiger partial charge is 0.316 e. The molecule has 0 amide bonds. The van der Waals surface area contributed by atoms with Gasteiger partial charge in [-0.1, -0.05) is 59.8 Å². The number of aliphatic hydroxyl groups is 2. The zero-order valence-corrected chi connectivity index (χ0v) is 40.5. The van der Waals surface area contributed by atoms with Crippen molar-refractivity contribution in [3.8, 4) is 17.2 Å². The summed E-state index contributed by atoms with van der Waals surface area (Å²) in [6.45, 7) is 26.4. The van der Waals surface area contributed by atoms with E-state index in [0.717, 1.165) is 6.54 Å². The van der Waals surface area contributed by atoms with Gasteiger partial charge in [0, 0.05) is 93.9 Å². The van der Waals surface area contributed by atoms with Crippen LogP contribution in [0.4, 0.5) is 5.69 Å². The third-order valence-electron chi connectivity index (χ3n) is 13.2. The minimum absolute atomic E-state index is 0.0191. The summed E-state index contributed by atoms with van der Waals surface area (Å²) in [7, 11) is 1.48. The number of hydrogen-bond donors (Lipinski definition) is 3. The average Bonchev–Trinajstić information content (AvgIpc) is 3.79. The van der Waals surface area contributed by atoms with Crippen molar-refractivity contribution in [2.75, 3.05) is 44.7 Å². The van der Waals surface area contributed by atoms with Gasteiger partial charge >= 0.3 is 17.7 Å². The molecule has 9 unspecified atom stereocenters. The fourth-order valence-electron chi connectivity index (χ4n) is 9.27. The summed E-state index contributed by atoms with van der Waals surface area (Å²) in [5, 5.41) is 36.2. The van der Waals surface area contributed by atoms with Gasteiger partial charge in [-0.15, -0.1) is 0 Å². The van der Waals surface area contributed by atoms with Crippen molar-refractivity contribution in [3.05, 3.63) is 47.6 Å². The van der Waals surface area contributed by atoms with E-state index in [0.29, 0.717) is 54.4 Å². The number of phenols is 1. The number of carbonyl (C=O) groups is 3. The number of aromatic hydroxyl groups is 1. The van der Waals surface area contributed by atoms with E-state index in [1.807, 2.05) is 31.7 Å². The first-order valence-electron chi connectivity index (χ1n) is 22.8. The lowest BCUT2D eigenvalue weighted by Crippen LogP contribution is -2.47. The molecule has 6 bridgehead atoms. The van der Waals surface area contributed by atoms with Crippen molar-refractivity contribution < 1.29 is 57.8 Å². The molecule has 356 valence electrons. The lowest BCUT2D eigenvalue weighted by molar-refractivity contribution is -0.160. The Kier molecular flexibility index (Phi) is 14.5. The van der Waals surface area contributed by atoms with Gasteiger partial charge in [0.25, 0.3) is 5.78 Å². The maximum absolute atomic E-state index is 15.0. The molecule has 15 heteroatoms. The molecule has 2 aromatic carbocycles. The Morgan fingerprint density at radius 3 is 2.25 bits per heavy atom. The first-order valence-corrected chi connectivity index (χ1v) is 22.8. The molecule has 0 radical (unpaired) electrons. The molecule has 15 nitrogen and oxygen atoms in total. The third kappa shape index (κ3) is 9.66. The van der Waals surface area contributed by atoms with Crippen LogP contribution in [0.25, 0.3) is 27.4 Å². The highest BCUT2D eigenvalue weighted by molar-refractivity contribution is 6.26. The molecule has 4 heterocycles. The van der Waals surface area contributed by atoms with Crippen molar-refractivity contribution in [1.29, 1.82) is 0 Å². The molecule has 1 saturated heterocycles. The van der Waals surface area contributed by atoms with Crippen LogP contribution in [0.15, 0.2) is 35.0 Å². The standard InChI is InChI=1S/C50H69N3O12/c1-25(2)24-52-19-21-53(22-20-52)38-37-45-35-34(41(38)57)36-44(31(8)43(35)64-48(59)49(10,11)12)65-50(13,46(36)58)61-23-18-33(60-14)28(5)42(62-32(9)54)30(7)40(56)29(6)39(55)26(3)16-15-17-27(4)47(51-37)63-45/h15-18,23,25-26,28-30,33,39-40,42,55-57H,19-22,24H2,1-14H3/b16-15+,23-18+,27-17-. The van der Waals surface area contributed by atoms with Gasteiger partial charge < -0.3 is 48.3 Å². The quantitative estimate of drug-likeness (QED) is 0.161. The second kappa shape index (κ2) is 19.1. The fourth-order valence-corrected chi connectivity index (χ4v) is 9.27. The molecule has 6 rings (SSSR count). The number of methoxy groups -OCH3 is 1. The van der Waals surface area contributed by atoms with E-state index in [1.54, 1.807) is 59.8 Å². The van der Waals surface area contributed by atoms with Crippen molar-refractivity contribution in [1.82, 2.24) is 9.88 Å². The number of nitrogens with zero attached hydrogens (tertiary/aromatic N) is 3. The molecule has 3 aliphatic heterocycles. The zero-order chi connectivity index (χ0) is 48.0. The van der Waals surface area contributed by atoms with Crippen LogP contribution in [0.3, 0.4) is 0 Å². The number of piperazine rings is 1. The number of ether oxygens (including phenoxy) is 5. The molecule has 65 heavy (non-hydrogen) atoms. The van der Waals surface area contributed by atoms with E-state index in [4.69, 9.17) is 33.1 Å². The number of carbonyl (C=O) groups excluding carboxylic acids is 3. The van der Waals surface area contributed by atoms with Gasteiger partial charge in [-0.3, -0.25) is 19.3 Å². The maximum atomic E-state index is 15.0. The first kappa shape index (κ1) is 49.5. The van der Waals surface area contributed by atoms with Crippen molar-refractivity contribution in [2.24, 2.45) is 35.0 Å². The highest BCUT2D eigenvalue weighted by Crippen LogP contribution is 2.55. The highest BCUT2D eigenvalue weighted by Gasteiger charge is 2.50. The maximum Gasteiger partial charge on any atom is 0.316 e. The van der Waals surface area contributed by atoms with Gasteiger partial charge in [-0.05, 0) is 46.6 Å². The number of Topliss-reactive ketones (excluding diaryl/α,β-unsaturated/α-hetero) is 1. The van der Waals surface area contributed by atoms with Gasteiger partial charge in [-0.25, -0.2) is 4.98 Å². The number of allylic oxidation sites excluding steroid dienone is 3. The van der Waals surface area contributed by atoms with Crippen molar-refractivity contribution in [2.45, 2.75) is 120 Å². The number of hydrogen-bond acceptors (Lipinski definition) is 15. The number of rotatable bonds is 6. The van der Waals surface area contributed by atoms with Gasteiger partial charge in [0.05, 0.1) is 40.9 Å². The van der Waals surface area contributed by atoms with E-state index in [1.165, 1.54) is 27.2 Å². The molecule has 0 aliphatic carbocycles. The molecular weight excluding hydrogens is 835 g/mol. The van der Waals surface area contributed by atoms with Gasteiger partial charge in [-0.2, -0.15) is 0 Å². The normalized spacial score (nSPS) is 30.2. The monoisotopic (exact) mass is 903 g/mol. The predicted molar refractivity (Wildman–Crippen MR) is 248 cm³/mol. The minimum Gasteiger partial charge on any atom is -0.505 e. The first-order chi connectivity index (χ1) is 30.4. The largest absolute Gasteiger partial charge is 0.505 e. The number of oxazole rings is 1. The van der Waals surface area contributed by atoms with Gasteiger partial charge in [0.15, 0.2) is 5.58 Å². The summed E-state index contributed by atoms with van der Waals surface area (Å²) in [5.74, 6) is -5.47. The lowest BCUT2D eigenvalue weighted by Gasteiger charge is -2.38. The van der Waals surface area contributed by atoms with Crippen LogP contribution in [0, 0.1) is 41.9 Å². The molecule has 1 aromatic heterocycles. The molecule has 0 spiro atoms. The van der Waals surface area contributed by atoms with E-state index in [2.05, 4.69) is 18.7 Å². The summed E-state index contributed by atoms with van der Waals surface area (Å²) in [6.07, 6.45) is 4.54. The number of aliphatic hydroxyl groups excluding tert-OH is 2. The van der Waals surface area contributed by atoms with Crippen molar-refractivity contribution >= 4 is 50.9 Å².